The molecular weight excluding hydrogens is 511 g/mol. The van der Waals surface area contributed by atoms with Crippen LogP contribution in [0, 0.1) is 6.92 Å². The third-order valence-electron chi connectivity index (χ3n) is 7.98. The van der Waals surface area contributed by atoms with Crippen molar-refractivity contribution in [2.24, 2.45) is 0 Å². The number of nitrogens with one attached hydrogen (secondary N) is 2. The Morgan fingerprint density at radius 1 is 1.15 bits per heavy atom. The fraction of sp³-hybridized carbons (Fsp3) is 0.593. The second-order valence-corrected chi connectivity index (χ2v) is 10.6. The SMILES string of the molecule is Cc1cc(N2C[C@H]3CC[C@@H](C2)N3C)ccc1Nc1ncc(C(F)(F)F)c(NCCCN2CCOCCC2=O)n1. The van der Waals surface area contributed by atoms with E-state index >= 15 is 0 Å². The molecule has 0 radical (unpaired) electrons. The van der Waals surface area contributed by atoms with Gasteiger partial charge >= 0.3 is 6.18 Å². The number of carbonyl (C=O) groups is 1. The number of fused-ring (bicyclic) bond motifs is 2. The lowest BCUT2D eigenvalue weighted by atomic mass is 10.1. The monoisotopic (exact) mass is 547 g/mol. The number of ether oxygens (including phenoxy) is 1. The molecule has 0 unspecified atom stereocenters. The van der Waals surface area contributed by atoms with Gasteiger partial charge < -0.3 is 25.2 Å². The van der Waals surface area contributed by atoms with Crippen molar-refractivity contribution in [3.8, 4) is 0 Å². The van der Waals surface area contributed by atoms with Gasteiger partial charge in [-0.05, 0) is 57.0 Å². The fourth-order valence-corrected chi connectivity index (χ4v) is 5.65. The van der Waals surface area contributed by atoms with E-state index in [0.717, 1.165) is 36.2 Å². The van der Waals surface area contributed by atoms with Gasteiger partial charge in [0.2, 0.25) is 11.9 Å². The number of aromatic nitrogens is 2. The van der Waals surface area contributed by atoms with Crippen molar-refractivity contribution in [2.45, 2.75) is 50.9 Å². The third-order valence-corrected chi connectivity index (χ3v) is 7.98. The van der Waals surface area contributed by atoms with E-state index in [1.807, 2.05) is 19.1 Å². The Bertz CT molecular complexity index is 1160. The van der Waals surface area contributed by atoms with Gasteiger partial charge in [0.15, 0.2) is 0 Å². The summed E-state index contributed by atoms with van der Waals surface area (Å²) in [7, 11) is 2.21. The van der Waals surface area contributed by atoms with Crippen molar-refractivity contribution >= 4 is 29.0 Å². The molecule has 1 aromatic carbocycles. The van der Waals surface area contributed by atoms with Gasteiger partial charge in [-0.1, -0.05) is 0 Å². The highest BCUT2D eigenvalue weighted by molar-refractivity contribution is 5.76. The van der Waals surface area contributed by atoms with Crippen molar-refractivity contribution in [3.05, 3.63) is 35.5 Å². The summed E-state index contributed by atoms with van der Waals surface area (Å²) in [5.74, 6) is -0.204. The van der Waals surface area contributed by atoms with Crippen LogP contribution in [0.1, 0.15) is 36.8 Å². The molecular formula is C27H36F3N7O2. The highest BCUT2D eigenvalue weighted by Gasteiger charge is 2.38. The molecule has 2 N–H and O–H groups in total. The van der Waals surface area contributed by atoms with E-state index in [9.17, 15) is 18.0 Å². The molecule has 9 nitrogen and oxygen atoms in total. The van der Waals surface area contributed by atoms with Crippen LogP contribution in [0.4, 0.5) is 36.3 Å². The second kappa shape index (κ2) is 11.5. The summed E-state index contributed by atoms with van der Waals surface area (Å²) >= 11 is 0. The molecule has 39 heavy (non-hydrogen) atoms. The highest BCUT2D eigenvalue weighted by Crippen LogP contribution is 2.35. The number of amides is 1. The average molecular weight is 548 g/mol. The number of halogens is 3. The molecule has 4 heterocycles. The molecule has 3 aliphatic heterocycles. The van der Waals surface area contributed by atoms with Gasteiger partial charge in [0.1, 0.15) is 11.4 Å². The first-order valence-corrected chi connectivity index (χ1v) is 13.6. The molecule has 2 atom stereocenters. The Morgan fingerprint density at radius 2 is 1.92 bits per heavy atom. The van der Waals surface area contributed by atoms with Crippen LogP contribution < -0.4 is 15.5 Å². The van der Waals surface area contributed by atoms with E-state index in [-0.39, 0.29) is 24.2 Å². The Hall–Kier alpha value is -3.12. The van der Waals surface area contributed by atoms with Crippen LogP contribution in [-0.2, 0) is 15.7 Å². The third kappa shape index (κ3) is 6.38. The number of nitrogens with zero attached hydrogens (tertiary/aromatic N) is 5. The van der Waals surface area contributed by atoms with Gasteiger partial charge in [0.25, 0.3) is 0 Å². The maximum atomic E-state index is 13.7. The summed E-state index contributed by atoms with van der Waals surface area (Å²) < 4.78 is 46.3. The highest BCUT2D eigenvalue weighted by atomic mass is 19.4. The summed E-state index contributed by atoms with van der Waals surface area (Å²) in [5, 5.41) is 5.90. The van der Waals surface area contributed by atoms with Gasteiger partial charge in [0.05, 0.1) is 19.6 Å². The predicted molar refractivity (Wildman–Crippen MR) is 143 cm³/mol. The summed E-state index contributed by atoms with van der Waals surface area (Å²) in [6.07, 6.45) is -0.546. The van der Waals surface area contributed by atoms with Crippen molar-refractivity contribution in [2.75, 3.05) is 68.5 Å². The number of rotatable bonds is 8. The molecule has 1 amide bonds. The zero-order valence-corrected chi connectivity index (χ0v) is 22.4. The topological polar surface area (TPSA) is 85.9 Å². The molecule has 2 aromatic rings. The largest absolute Gasteiger partial charge is 0.421 e. The zero-order valence-electron chi connectivity index (χ0n) is 22.4. The minimum absolute atomic E-state index is 0.00151. The molecule has 5 rings (SSSR count). The van der Waals surface area contributed by atoms with Gasteiger partial charge in [-0.15, -0.1) is 0 Å². The van der Waals surface area contributed by atoms with Crippen LogP contribution in [0.3, 0.4) is 0 Å². The first-order chi connectivity index (χ1) is 18.7. The minimum atomic E-state index is -4.60. The number of likely N-dealkylation sites (N-methyl/N-ethyl adjacent to an activating group) is 1. The molecule has 0 saturated carbocycles. The van der Waals surface area contributed by atoms with E-state index in [2.05, 4.69) is 43.5 Å². The van der Waals surface area contributed by atoms with Gasteiger partial charge in [0, 0.05) is 62.4 Å². The maximum Gasteiger partial charge on any atom is 0.421 e. The number of aryl methyl sites for hydroxylation is 1. The quantitative estimate of drug-likeness (QED) is 0.482. The van der Waals surface area contributed by atoms with E-state index in [4.69, 9.17) is 4.74 Å². The molecule has 0 spiro atoms. The van der Waals surface area contributed by atoms with Crippen molar-refractivity contribution in [1.29, 1.82) is 0 Å². The van der Waals surface area contributed by atoms with Crippen molar-refractivity contribution < 1.29 is 22.7 Å². The van der Waals surface area contributed by atoms with E-state index < -0.39 is 11.7 Å². The lowest BCUT2D eigenvalue weighted by molar-refractivity contribution is -0.137. The number of carbonyl (C=O) groups excluding carboxylic acids is 1. The van der Waals surface area contributed by atoms with Gasteiger partial charge in [-0.2, -0.15) is 18.2 Å². The number of anilines is 4. The lowest BCUT2D eigenvalue weighted by Crippen LogP contribution is -2.52. The average Bonchev–Trinajstić information content (AvgIpc) is 3.06. The van der Waals surface area contributed by atoms with Gasteiger partial charge in [-0.25, -0.2) is 4.98 Å². The van der Waals surface area contributed by atoms with E-state index in [1.54, 1.807) is 4.90 Å². The van der Waals surface area contributed by atoms with E-state index in [0.29, 0.717) is 51.2 Å². The number of benzene rings is 1. The molecule has 212 valence electrons. The second-order valence-electron chi connectivity index (χ2n) is 10.6. The summed E-state index contributed by atoms with van der Waals surface area (Å²) in [5.41, 5.74) is 1.92. The Balaban J connectivity index is 1.24. The molecule has 0 aliphatic carbocycles. The zero-order chi connectivity index (χ0) is 27.6. The van der Waals surface area contributed by atoms with Gasteiger partial charge in [-0.3, -0.25) is 9.69 Å². The smallest absolute Gasteiger partial charge is 0.379 e. The van der Waals surface area contributed by atoms with Crippen LogP contribution in [0.2, 0.25) is 0 Å². The number of hydrogen-bond donors (Lipinski definition) is 2. The summed E-state index contributed by atoms with van der Waals surface area (Å²) in [4.78, 5) is 26.8. The standard InChI is InChI=1S/C27H36F3N7O2/c1-18-14-19(37-16-20-4-5-21(17-37)35(20)2)6-7-23(18)33-26-32-15-22(27(28,29)30)25(34-26)31-9-3-10-36-11-13-39-12-8-24(36)38/h6-7,14-15,20-21H,3-5,8-13,16-17H2,1-2H3,(H2,31,32,33,34)/t20-,21+. The minimum Gasteiger partial charge on any atom is -0.379 e. The predicted octanol–water partition coefficient (Wildman–Crippen LogP) is 3.88. The fourth-order valence-electron chi connectivity index (χ4n) is 5.65. The molecule has 1 aromatic heterocycles. The Kier molecular flexibility index (Phi) is 8.13. The molecule has 3 fully saturated rings. The number of alkyl halides is 3. The van der Waals surface area contributed by atoms with Crippen LogP contribution in [0.15, 0.2) is 24.4 Å². The molecule has 3 saturated heterocycles. The summed E-state index contributed by atoms with van der Waals surface area (Å²) in [6, 6.07) is 7.23. The first-order valence-electron chi connectivity index (χ1n) is 13.6. The van der Waals surface area contributed by atoms with Crippen molar-refractivity contribution in [1.82, 2.24) is 19.8 Å². The molecule has 12 heteroatoms. The molecule has 2 bridgehead atoms. The summed E-state index contributed by atoms with van der Waals surface area (Å²) in [6.45, 7) is 5.98. The first kappa shape index (κ1) is 27.4. The number of piperazine rings is 1. The number of hydrogen-bond acceptors (Lipinski definition) is 8. The normalized spacial score (nSPS) is 22.2. The Labute approximate surface area is 226 Å². The van der Waals surface area contributed by atoms with Crippen molar-refractivity contribution in [3.63, 3.8) is 0 Å². The molecule has 3 aliphatic rings. The van der Waals surface area contributed by atoms with Crippen LogP contribution in [0.25, 0.3) is 0 Å². The maximum absolute atomic E-state index is 13.7. The van der Waals surface area contributed by atoms with Crippen LogP contribution in [0.5, 0.6) is 0 Å². The van der Waals surface area contributed by atoms with Crippen LogP contribution in [-0.4, -0.2) is 90.7 Å². The van der Waals surface area contributed by atoms with Crippen LogP contribution >= 0.6 is 0 Å². The lowest BCUT2D eigenvalue weighted by Gasteiger charge is -2.40. The Morgan fingerprint density at radius 3 is 2.64 bits per heavy atom. The van der Waals surface area contributed by atoms with E-state index in [1.165, 1.54) is 12.8 Å².